The van der Waals surface area contributed by atoms with Crippen LogP contribution in [0.4, 0.5) is 133 Å². The molecule has 8 heterocycles. The molecule has 0 aliphatic heterocycles. The number of alkyl halides is 12. The van der Waals surface area contributed by atoms with Crippen molar-refractivity contribution in [1.82, 2.24) is 59.8 Å². The van der Waals surface area contributed by atoms with E-state index in [1.54, 1.807) is 72.8 Å². The fraction of sp³-hybridized carbons (Fsp3) is 0.216. The van der Waals surface area contributed by atoms with Crippen LogP contribution in [0.15, 0.2) is 264 Å². The Balaban J connectivity index is 0.000000129. The standard InChI is InChI=1S/C26H24F3N7.C26H23F3N6.C25H22F3N7.C25H21F3N6/c1-16-23-10-9-19(30-13-17-5-6-17)12-24(23)35-25(33-16)36-32-15-21-7-8-22(14-31-21)34-20-4-2-3-18(11-20)26(27,28)29;1-16-23-7-2-4-18(12-17-8-9-17)24(23)34-25(32-16)35-31-15-21-10-11-22(14-30-21)33-20-6-3-5-19(13-20)26(27,28)29;1-15-22-10-9-19(32-17-5-6-17)12-23(22)34-24(31-15)35-30-14-20-7-8-21(13-29-20)33-18-4-2-3-16(11-18)25(26,27)28;1-15-21-6-3-7-22(16-8-9-16)23(21)33-24(31-15)34-30-14-19-10-11-20(13-29-19)32-18-5-2-4-17(12-18)25(26,27)28/h2-4,7-12,14-15,17,30,34H,5-6,13H2,1H3,(H,33,35,36);2-7,10-11,13-15,17,33H,8-9,12H2,1H3,(H,32,34,35);2-4,7-14,17,32-33H,5-6H2,1H3,(H,31,34,35);2-7,10-14,16,32H,8-9H2,1H3,(H,31,33,34)/b32-15+;31-15+;2*30-14+. The Morgan fingerprint density at radius 1 is 0.307 bits per heavy atom. The molecule has 8 aromatic heterocycles. The van der Waals surface area contributed by atoms with Crippen LogP contribution in [0.1, 0.15) is 136 Å². The average molecular weight is 1910 g/mol. The van der Waals surface area contributed by atoms with E-state index in [4.69, 9.17) is 0 Å². The molecule has 0 spiro atoms. The third kappa shape index (κ3) is 26.4. The number of anilines is 14. The number of halogens is 12. The molecule has 4 aliphatic carbocycles. The SMILES string of the molecule is Cc1nc(N/N=C/c2ccc(Nc3cccc(C(F)(F)F)c3)cn2)nc2c(C3CC3)cccc12.Cc1nc(N/N=C/c2ccc(Nc3cccc(C(F)(F)F)c3)cn2)nc2c(CC3CC3)cccc12.Cc1nc(N/N=C/c2ccc(Nc3cccc(C(F)(F)F)c3)cn2)nc2cc(NC3CC3)ccc12.Cc1nc(N/N=C/c2ccc(Nc3cccc(C(F)(F)F)c3)cn2)nc2cc(NCC3CC3)ccc12. The quantitative estimate of drug-likeness (QED) is 0.0124. The topological polar surface area (TPSA) is 324 Å². The van der Waals surface area contributed by atoms with E-state index in [2.05, 4.69) is 158 Å². The maximum Gasteiger partial charge on any atom is 0.416 e. The van der Waals surface area contributed by atoms with Gasteiger partial charge in [0.05, 0.1) is 162 Å². The van der Waals surface area contributed by atoms with Gasteiger partial charge in [-0.25, -0.2) is 61.6 Å². The van der Waals surface area contributed by atoms with Crippen LogP contribution in [0.25, 0.3) is 43.6 Å². The lowest BCUT2D eigenvalue weighted by atomic mass is 10.0. The molecule has 8 aromatic carbocycles. The van der Waals surface area contributed by atoms with E-state index in [-0.39, 0.29) is 0 Å². The Morgan fingerprint density at radius 3 is 1.00 bits per heavy atom. The van der Waals surface area contributed by atoms with Crippen molar-refractivity contribution in [1.29, 1.82) is 0 Å². The number of para-hydroxylation sites is 2. The van der Waals surface area contributed by atoms with Crippen LogP contribution in [-0.4, -0.2) is 97.3 Å². The summed E-state index contributed by atoms with van der Waals surface area (Å²) in [5.41, 5.74) is 25.9. The number of aromatic nitrogens is 12. The van der Waals surface area contributed by atoms with E-state index in [0.717, 1.165) is 151 Å². The summed E-state index contributed by atoms with van der Waals surface area (Å²) in [4.78, 5) is 53.5. The minimum Gasteiger partial charge on any atom is -0.385 e. The number of rotatable bonds is 28. The van der Waals surface area contributed by atoms with E-state index in [1.165, 1.54) is 136 Å². The number of aryl methyl sites for hydroxylation is 4. The van der Waals surface area contributed by atoms with E-state index in [1.807, 2.05) is 76.2 Å². The second-order valence-corrected chi connectivity index (χ2v) is 33.9. The molecule has 4 fully saturated rings. The predicted molar refractivity (Wildman–Crippen MR) is 524 cm³/mol. The van der Waals surface area contributed by atoms with Crippen molar-refractivity contribution in [3.8, 4) is 0 Å². The Morgan fingerprint density at radius 2 is 0.643 bits per heavy atom. The van der Waals surface area contributed by atoms with E-state index in [0.29, 0.717) is 104 Å². The van der Waals surface area contributed by atoms with Crippen molar-refractivity contribution in [2.24, 2.45) is 32.2 Å². The molecule has 20 rings (SSSR count). The second-order valence-electron chi connectivity index (χ2n) is 33.9. The molecule has 0 atom stereocenters. The van der Waals surface area contributed by atoms with Gasteiger partial charge in [-0.15, -0.1) is 0 Å². The number of hydrogen-bond donors (Lipinski definition) is 10. The minimum atomic E-state index is -4.40. The number of nitrogens with one attached hydrogen (secondary N) is 10. The highest BCUT2D eigenvalue weighted by atomic mass is 19.4. The maximum atomic E-state index is 12.9. The number of nitrogens with zero attached hydrogens (tertiary/aromatic N) is 16. The largest absolute Gasteiger partial charge is 0.416 e. The Kier molecular flexibility index (Phi) is 28.6. The molecule has 0 amide bonds. The van der Waals surface area contributed by atoms with E-state index in [9.17, 15) is 52.7 Å². The van der Waals surface area contributed by atoms with Gasteiger partial charge in [-0.05, 0) is 272 Å². The smallest absolute Gasteiger partial charge is 0.385 e. The van der Waals surface area contributed by atoms with Crippen molar-refractivity contribution >= 4 is 149 Å². The molecule has 0 saturated heterocycles. The summed E-state index contributed by atoms with van der Waals surface area (Å²) in [5, 5.41) is 39.4. The molecule has 712 valence electrons. The van der Waals surface area contributed by atoms with Gasteiger partial charge >= 0.3 is 24.7 Å². The van der Waals surface area contributed by atoms with Crippen LogP contribution >= 0.6 is 0 Å². The summed E-state index contributed by atoms with van der Waals surface area (Å²) >= 11 is 0. The third-order valence-electron chi connectivity index (χ3n) is 22.7. The number of hydrazone groups is 4. The van der Waals surface area contributed by atoms with Crippen molar-refractivity contribution in [2.75, 3.05) is 60.1 Å². The molecule has 140 heavy (non-hydrogen) atoms. The van der Waals surface area contributed by atoms with Gasteiger partial charge in [0.2, 0.25) is 23.8 Å². The van der Waals surface area contributed by atoms with Crippen molar-refractivity contribution in [2.45, 2.75) is 122 Å². The fourth-order valence-corrected chi connectivity index (χ4v) is 14.8. The summed E-state index contributed by atoms with van der Waals surface area (Å²) < 4.78 is 155. The second kappa shape index (κ2) is 42.0. The molecular formula is C102H90F12N26. The predicted octanol–water partition coefficient (Wildman–Crippen LogP) is 25.4. The van der Waals surface area contributed by atoms with Crippen LogP contribution in [0.5, 0.6) is 0 Å². The highest BCUT2D eigenvalue weighted by Crippen LogP contribution is 2.44. The van der Waals surface area contributed by atoms with Gasteiger partial charge in [0.25, 0.3) is 0 Å². The van der Waals surface area contributed by atoms with Crippen molar-refractivity contribution < 1.29 is 52.7 Å². The third-order valence-corrected chi connectivity index (χ3v) is 22.7. The Hall–Kier alpha value is -16.4. The van der Waals surface area contributed by atoms with Gasteiger partial charge in [-0.3, -0.25) is 19.9 Å². The molecule has 0 unspecified atom stereocenters. The van der Waals surface area contributed by atoms with Crippen LogP contribution < -0.4 is 53.6 Å². The van der Waals surface area contributed by atoms with Gasteiger partial charge in [-0.2, -0.15) is 73.1 Å². The van der Waals surface area contributed by atoms with Gasteiger partial charge in [0.1, 0.15) is 0 Å². The summed E-state index contributed by atoms with van der Waals surface area (Å²) in [6.45, 7) is 8.73. The first-order valence-electron chi connectivity index (χ1n) is 44.8. The van der Waals surface area contributed by atoms with Crippen LogP contribution in [-0.2, 0) is 31.1 Å². The molecule has 4 aliphatic rings. The first-order valence-corrected chi connectivity index (χ1v) is 44.8. The summed E-state index contributed by atoms with van der Waals surface area (Å²) in [5.74, 6) is 3.67. The lowest BCUT2D eigenvalue weighted by Gasteiger charge is -2.10. The summed E-state index contributed by atoms with van der Waals surface area (Å²) in [6.07, 6.45) is 5.54. The first-order chi connectivity index (χ1) is 67.4. The summed E-state index contributed by atoms with van der Waals surface area (Å²) in [7, 11) is 0. The van der Waals surface area contributed by atoms with E-state index < -0.39 is 47.0 Å². The first kappa shape index (κ1) is 95.3. The molecule has 4 saturated carbocycles. The highest BCUT2D eigenvalue weighted by Gasteiger charge is 2.35. The average Bonchev–Trinajstić information content (AvgIpc) is 1.57. The lowest BCUT2D eigenvalue weighted by Crippen LogP contribution is -2.05. The van der Waals surface area contributed by atoms with E-state index >= 15 is 0 Å². The lowest BCUT2D eigenvalue weighted by molar-refractivity contribution is -0.138. The number of benzene rings is 8. The Bertz CT molecular complexity index is 7230. The zero-order valence-corrected chi connectivity index (χ0v) is 75.5. The number of pyridine rings is 4. The van der Waals surface area contributed by atoms with Crippen LogP contribution in [0.2, 0.25) is 0 Å². The highest BCUT2D eigenvalue weighted by molar-refractivity contribution is 5.90. The number of fused-ring (bicyclic) bond motifs is 4. The number of hydrogen-bond acceptors (Lipinski definition) is 26. The van der Waals surface area contributed by atoms with Gasteiger partial charge in [-0.1, -0.05) is 60.7 Å². The van der Waals surface area contributed by atoms with Gasteiger partial charge in [0.15, 0.2) is 0 Å². The molecule has 0 bridgehead atoms. The Labute approximate surface area is 794 Å². The van der Waals surface area contributed by atoms with Crippen molar-refractivity contribution in [3.05, 3.63) is 322 Å². The molecule has 16 aromatic rings. The van der Waals surface area contributed by atoms with Gasteiger partial charge < -0.3 is 31.9 Å². The zero-order valence-electron chi connectivity index (χ0n) is 75.5. The summed E-state index contributed by atoms with van der Waals surface area (Å²) in [6, 6.07) is 58.8. The normalized spacial score (nSPS) is 13.9. The molecule has 10 N–H and O–H groups in total. The minimum absolute atomic E-state index is 0.323. The van der Waals surface area contributed by atoms with Crippen LogP contribution in [0, 0.1) is 39.5 Å². The monoisotopic (exact) mass is 1910 g/mol. The molecule has 0 radical (unpaired) electrons. The zero-order chi connectivity index (χ0) is 97.7. The fourth-order valence-electron chi connectivity index (χ4n) is 14.8. The van der Waals surface area contributed by atoms with Crippen LogP contribution in [0.3, 0.4) is 0 Å². The molecule has 38 heteroatoms. The van der Waals surface area contributed by atoms with Crippen molar-refractivity contribution in [3.63, 3.8) is 0 Å². The van der Waals surface area contributed by atoms with Gasteiger partial charge in [0, 0.05) is 68.3 Å². The molecular weight excluding hydrogens is 1820 g/mol. The maximum absolute atomic E-state index is 12.9. The molecule has 26 nitrogen and oxygen atoms in total.